The molecule has 0 amide bonds. The molecule has 1 heterocycles. The van der Waals surface area contributed by atoms with E-state index in [0.29, 0.717) is 5.41 Å². The normalized spacial score (nSPS) is 32.7. The molecule has 1 aliphatic rings. The highest BCUT2D eigenvalue weighted by Gasteiger charge is 2.46. The molecule has 0 aliphatic heterocycles. The molecule has 0 radical (unpaired) electrons. The highest BCUT2D eigenvalue weighted by atomic mass is 79.9. The first-order valence-corrected chi connectivity index (χ1v) is 6.96. The maximum Gasteiger partial charge on any atom is 0.110 e. The molecule has 4 heteroatoms. The van der Waals surface area contributed by atoms with Gasteiger partial charge in [0.05, 0.1) is 16.4 Å². The Morgan fingerprint density at radius 1 is 1.47 bits per heavy atom. The van der Waals surface area contributed by atoms with E-state index in [4.69, 9.17) is 0 Å². The lowest BCUT2D eigenvalue weighted by Crippen LogP contribution is -2.43. The fourth-order valence-corrected chi connectivity index (χ4v) is 3.82. The van der Waals surface area contributed by atoms with Gasteiger partial charge >= 0.3 is 0 Å². The summed E-state index contributed by atoms with van der Waals surface area (Å²) in [4.78, 5) is 0. The van der Waals surface area contributed by atoms with Crippen LogP contribution in [0.15, 0.2) is 10.7 Å². The van der Waals surface area contributed by atoms with Crippen LogP contribution in [0.3, 0.4) is 0 Å². The lowest BCUT2D eigenvalue weighted by atomic mass is 9.64. The van der Waals surface area contributed by atoms with E-state index >= 15 is 0 Å². The zero-order chi connectivity index (χ0) is 12.8. The van der Waals surface area contributed by atoms with E-state index in [2.05, 4.69) is 41.8 Å². The Balaban J connectivity index is 2.38. The summed E-state index contributed by atoms with van der Waals surface area (Å²) in [6.45, 7) is 6.70. The van der Waals surface area contributed by atoms with Crippen molar-refractivity contribution in [3.8, 4) is 0 Å². The van der Waals surface area contributed by atoms with E-state index < -0.39 is 5.60 Å². The Kier molecular flexibility index (Phi) is 3.15. The molecular weight excluding hydrogens is 280 g/mol. The summed E-state index contributed by atoms with van der Waals surface area (Å²) in [6, 6.07) is 0. The summed E-state index contributed by atoms with van der Waals surface area (Å²) in [6.07, 6.45) is 4.66. The second kappa shape index (κ2) is 4.09. The number of aromatic nitrogens is 2. The molecule has 17 heavy (non-hydrogen) atoms. The number of aryl methyl sites for hydroxylation is 1. The van der Waals surface area contributed by atoms with Crippen molar-refractivity contribution in [2.45, 2.75) is 45.6 Å². The van der Waals surface area contributed by atoms with Crippen LogP contribution in [0, 0.1) is 11.3 Å². The lowest BCUT2D eigenvalue weighted by Gasteiger charge is -2.45. The zero-order valence-electron chi connectivity index (χ0n) is 11.0. The Morgan fingerprint density at radius 3 is 2.59 bits per heavy atom. The van der Waals surface area contributed by atoms with Crippen LogP contribution in [-0.4, -0.2) is 14.9 Å². The third kappa shape index (κ3) is 2.17. The van der Waals surface area contributed by atoms with Crippen LogP contribution in [0.1, 0.15) is 45.7 Å². The largest absolute Gasteiger partial charge is 0.383 e. The first-order chi connectivity index (χ1) is 7.76. The topological polar surface area (TPSA) is 38.1 Å². The average molecular weight is 301 g/mol. The molecule has 96 valence electrons. The minimum Gasteiger partial charge on any atom is -0.383 e. The van der Waals surface area contributed by atoms with Crippen LogP contribution < -0.4 is 0 Å². The van der Waals surface area contributed by atoms with Gasteiger partial charge in [0.15, 0.2) is 0 Å². The molecule has 1 aromatic heterocycles. The highest BCUT2D eigenvalue weighted by molar-refractivity contribution is 9.10. The van der Waals surface area contributed by atoms with E-state index in [1.807, 2.05) is 7.05 Å². The van der Waals surface area contributed by atoms with Crippen molar-refractivity contribution in [3.63, 3.8) is 0 Å². The molecule has 1 fully saturated rings. The van der Waals surface area contributed by atoms with Crippen LogP contribution in [0.2, 0.25) is 0 Å². The summed E-state index contributed by atoms with van der Waals surface area (Å²) in [7, 11) is 1.89. The minimum absolute atomic E-state index is 0.248. The van der Waals surface area contributed by atoms with Gasteiger partial charge in [-0.1, -0.05) is 20.8 Å². The van der Waals surface area contributed by atoms with Gasteiger partial charge in [0.1, 0.15) is 5.60 Å². The van der Waals surface area contributed by atoms with Gasteiger partial charge in [-0.25, -0.2) is 0 Å². The van der Waals surface area contributed by atoms with Gasteiger partial charge in [-0.3, -0.25) is 4.68 Å². The van der Waals surface area contributed by atoms with E-state index in [-0.39, 0.29) is 5.92 Å². The van der Waals surface area contributed by atoms with Crippen molar-refractivity contribution in [1.82, 2.24) is 9.78 Å². The van der Waals surface area contributed by atoms with Gasteiger partial charge in [0.25, 0.3) is 0 Å². The average Bonchev–Trinajstić information content (AvgIpc) is 2.53. The van der Waals surface area contributed by atoms with Crippen LogP contribution in [0.25, 0.3) is 0 Å². The molecule has 1 aliphatic carbocycles. The number of rotatable bonds is 1. The third-order valence-corrected chi connectivity index (χ3v) is 4.74. The smallest absolute Gasteiger partial charge is 0.110 e. The Labute approximate surface area is 111 Å². The van der Waals surface area contributed by atoms with Crippen molar-refractivity contribution in [2.75, 3.05) is 0 Å². The monoisotopic (exact) mass is 300 g/mol. The lowest BCUT2D eigenvalue weighted by molar-refractivity contribution is -0.0829. The van der Waals surface area contributed by atoms with E-state index in [1.54, 1.807) is 10.9 Å². The van der Waals surface area contributed by atoms with Crippen molar-refractivity contribution in [2.24, 2.45) is 18.4 Å². The van der Waals surface area contributed by atoms with Gasteiger partial charge in [-0.05, 0) is 46.5 Å². The van der Waals surface area contributed by atoms with Crippen molar-refractivity contribution in [1.29, 1.82) is 0 Å². The molecule has 0 bridgehead atoms. The van der Waals surface area contributed by atoms with Crippen molar-refractivity contribution >= 4 is 15.9 Å². The first-order valence-electron chi connectivity index (χ1n) is 6.17. The summed E-state index contributed by atoms with van der Waals surface area (Å²) in [5.74, 6) is 0.248. The third-order valence-electron chi connectivity index (χ3n) is 4.16. The Hall–Kier alpha value is -0.350. The molecule has 2 atom stereocenters. The van der Waals surface area contributed by atoms with Gasteiger partial charge in [-0.15, -0.1) is 0 Å². The van der Waals surface area contributed by atoms with Gasteiger partial charge in [-0.2, -0.15) is 5.10 Å². The highest BCUT2D eigenvalue weighted by Crippen LogP contribution is 2.49. The summed E-state index contributed by atoms with van der Waals surface area (Å²) < 4.78 is 2.70. The van der Waals surface area contributed by atoms with Crippen molar-refractivity contribution in [3.05, 3.63) is 16.4 Å². The molecule has 3 nitrogen and oxygen atoms in total. The number of hydrogen-bond donors (Lipinski definition) is 1. The number of halogens is 1. The maximum absolute atomic E-state index is 11.0. The molecule has 0 spiro atoms. The summed E-state index contributed by atoms with van der Waals surface area (Å²) >= 11 is 3.50. The number of hydrogen-bond acceptors (Lipinski definition) is 2. The predicted octanol–water partition coefficient (Wildman–Crippen LogP) is 3.22. The molecule has 2 unspecified atom stereocenters. The minimum atomic E-state index is -0.750. The maximum atomic E-state index is 11.0. The molecule has 1 N–H and O–H groups in total. The second-order valence-electron chi connectivity index (χ2n) is 6.16. The summed E-state index contributed by atoms with van der Waals surface area (Å²) in [5, 5.41) is 15.2. The van der Waals surface area contributed by atoms with E-state index in [9.17, 15) is 5.11 Å². The van der Waals surface area contributed by atoms with E-state index in [0.717, 1.165) is 29.4 Å². The standard InChI is InChI=1S/C13H21BrN2O/c1-9-7-12(2,3)5-6-13(9,17)11-10(14)8-15-16(11)4/h8-9,17H,5-7H2,1-4H3. The molecule has 0 aromatic carbocycles. The van der Waals surface area contributed by atoms with Crippen LogP contribution in [-0.2, 0) is 12.6 Å². The van der Waals surface area contributed by atoms with Gasteiger partial charge in [0.2, 0.25) is 0 Å². The van der Waals surface area contributed by atoms with Crippen molar-refractivity contribution < 1.29 is 5.11 Å². The SMILES string of the molecule is CC1CC(C)(C)CCC1(O)c1c(Br)cnn1C. The summed E-state index contributed by atoms with van der Waals surface area (Å²) in [5.41, 5.74) is 0.497. The molecule has 1 aromatic rings. The van der Waals surface area contributed by atoms with Gasteiger partial charge < -0.3 is 5.11 Å². The fourth-order valence-electron chi connectivity index (χ4n) is 3.12. The second-order valence-corrected chi connectivity index (χ2v) is 7.01. The number of nitrogens with zero attached hydrogens (tertiary/aromatic N) is 2. The van der Waals surface area contributed by atoms with E-state index in [1.165, 1.54) is 0 Å². The van der Waals surface area contributed by atoms with Crippen LogP contribution >= 0.6 is 15.9 Å². The first kappa shape index (κ1) is 13.1. The molecular formula is C13H21BrN2O. The number of aliphatic hydroxyl groups is 1. The van der Waals surface area contributed by atoms with Crippen LogP contribution in [0.5, 0.6) is 0 Å². The quantitative estimate of drug-likeness (QED) is 0.865. The molecule has 2 rings (SSSR count). The predicted molar refractivity (Wildman–Crippen MR) is 71.6 cm³/mol. The zero-order valence-corrected chi connectivity index (χ0v) is 12.6. The van der Waals surface area contributed by atoms with Crippen LogP contribution in [0.4, 0.5) is 0 Å². The molecule has 0 saturated heterocycles. The Morgan fingerprint density at radius 2 is 2.12 bits per heavy atom. The van der Waals surface area contributed by atoms with Gasteiger partial charge in [0, 0.05) is 7.05 Å². The Bertz CT molecular complexity index is 408. The molecule has 1 saturated carbocycles. The fraction of sp³-hybridized carbons (Fsp3) is 0.769.